The van der Waals surface area contributed by atoms with Crippen molar-refractivity contribution in [3.8, 4) is 11.6 Å². The number of anilines is 1. The fraction of sp³-hybridized carbons (Fsp3) is 0.296. The van der Waals surface area contributed by atoms with Crippen LogP contribution in [-0.2, 0) is 6.54 Å². The predicted octanol–water partition coefficient (Wildman–Crippen LogP) is 2.84. The molecule has 2 aromatic heterocycles. The first kappa shape index (κ1) is 26.7. The van der Waals surface area contributed by atoms with Crippen LogP contribution in [0, 0.1) is 5.92 Å². The molecule has 4 aromatic rings. The summed E-state index contributed by atoms with van der Waals surface area (Å²) < 4.78 is 11.5. The topological polar surface area (TPSA) is 167 Å². The average molecular weight is 544 g/mol. The lowest BCUT2D eigenvalue weighted by molar-refractivity contribution is 0.0734. The minimum atomic E-state index is -0.533. The monoisotopic (exact) mass is 543 g/mol. The Labute approximate surface area is 229 Å². The van der Waals surface area contributed by atoms with Gasteiger partial charge in [-0.05, 0) is 91.0 Å². The zero-order chi connectivity index (χ0) is 28.1. The van der Waals surface area contributed by atoms with E-state index >= 15 is 0 Å². The van der Waals surface area contributed by atoms with Gasteiger partial charge in [0.25, 0.3) is 5.91 Å². The van der Waals surface area contributed by atoms with Gasteiger partial charge in [-0.1, -0.05) is 30.3 Å². The molecule has 13 heteroatoms. The fourth-order valence-corrected chi connectivity index (χ4v) is 4.32. The van der Waals surface area contributed by atoms with Gasteiger partial charge in [0.1, 0.15) is 5.75 Å². The number of likely N-dealkylation sites (tertiary alicyclic amines) is 1. The molecule has 3 N–H and O–H groups in total. The van der Waals surface area contributed by atoms with Crippen molar-refractivity contribution in [2.45, 2.75) is 33.2 Å². The molecule has 0 saturated carbocycles. The fourth-order valence-electron chi connectivity index (χ4n) is 4.32. The van der Waals surface area contributed by atoms with Crippen LogP contribution in [0.5, 0.6) is 5.75 Å². The van der Waals surface area contributed by atoms with Gasteiger partial charge < -0.3 is 10.5 Å². The van der Waals surface area contributed by atoms with Crippen LogP contribution >= 0.6 is 0 Å². The molecule has 0 bridgehead atoms. The van der Waals surface area contributed by atoms with Gasteiger partial charge in [-0.3, -0.25) is 9.69 Å². The molecule has 3 heterocycles. The number of benzene rings is 2. The molecule has 1 fully saturated rings. The number of hydrazone groups is 1. The van der Waals surface area contributed by atoms with E-state index in [1.54, 1.807) is 55.5 Å². The number of aromatic nitrogens is 5. The zero-order valence-corrected chi connectivity index (χ0v) is 22.1. The number of amides is 1. The molecular formula is C27H29N9O4. The SMILES string of the molecule is C/C(=N\NC(=O)c1nnn(-c2nonc2N)c1CN1CCC(C)CC1)c1ccc(OC(=O)c2ccccc2)cc1. The second kappa shape index (κ2) is 11.9. The van der Waals surface area contributed by atoms with E-state index in [1.807, 2.05) is 6.07 Å². The van der Waals surface area contributed by atoms with Gasteiger partial charge in [0.15, 0.2) is 5.69 Å². The van der Waals surface area contributed by atoms with E-state index in [0.717, 1.165) is 31.5 Å². The number of rotatable bonds is 8. The molecule has 2 aromatic carbocycles. The van der Waals surface area contributed by atoms with Crippen molar-refractivity contribution < 1.29 is 19.0 Å². The quantitative estimate of drug-likeness (QED) is 0.146. The summed E-state index contributed by atoms with van der Waals surface area (Å²) in [6.07, 6.45) is 2.12. The van der Waals surface area contributed by atoms with E-state index in [0.29, 0.717) is 35.2 Å². The molecule has 13 nitrogen and oxygen atoms in total. The molecule has 0 atom stereocenters. The van der Waals surface area contributed by atoms with Crippen molar-refractivity contribution in [1.29, 1.82) is 0 Å². The summed E-state index contributed by atoms with van der Waals surface area (Å²) in [6.45, 7) is 6.16. The Kier molecular flexibility index (Phi) is 7.92. The maximum Gasteiger partial charge on any atom is 0.343 e. The molecule has 1 aliphatic rings. The smallest absolute Gasteiger partial charge is 0.343 e. The minimum absolute atomic E-state index is 0.0390. The molecule has 1 saturated heterocycles. The van der Waals surface area contributed by atoms with Gasteiger partial charge in [-0.25, -0.2) is 14.8 Å². The molecule has 1 amide bonds. The van der Waals surface area contributed by atoms with E-state index in [4.69, 9.17) is 15.1 Å². The maximum absolute atomic E-state index is 13.2. The number of hydrogen-bond donors (Lipinski definition) is 2. The van der Waals surface area contributed by atoms with Crippen molar-refractivity contribution in [1.82, 2.24) is 35.6 Å². The highest BCUT2D eigenvalue weighted by atomic mass is 16.6. The van der Waals surface area contributed by atoms with Crippen molar-refractivity contribution in [3.05, 3.63) is 77.1 Å². The molecule has 0 aliphatic carbocycles. The zero-order valence-electron chi connectivity index (χ0n) is 22.1. The number of esters is 1. The molecular weight excluding hydrogens is 514 g/mol. The van der Waals surface area contributed by atoms with Crippen LogP contribution in [0.15, 0.2) is 64.3 Å². The van der Waals surface area contributed by atoms with E-state index in [1.165, 1.54) is 4.68 Å². The first-order valence-electron chi connectivity index (χ1n) is 12.9. The average Bonchev–Trinajstić information content (AvgIpc) is 3.59. The van der Waals surface area contributed by atoms with Crippen LogP contribution in [0.25, 0.3) is 5.82 Å². The van der Waals surface area contributed by atoms with Crippen molar-refractivity contribution in [2.75, 3.05) is 18.8 Å². The first-order valence-corrected chi connectivity index (χ1v) is 12.9. The third kappa shape index (κ3) is 6.04. The van der Waals surface area contributed by atoms with Crippen molar-refractivity contribution in [2.24, 2.45) is 11.0 Å². The number of nitrogens with zero attached hydrogens (tertiary/aromatic N) is 7. The third-order valence-electron chi connectivity index (χ3n) is 6.74. The van der Waals surface area contributed by atoms with E-state index in [-0.39, 0.29) is 17.3 Å². The first-order chi connectivity index (χ1) is 19.4. The Morgan fingerprint density at radius 2 is 1.80 bits per heavy atom. The van der Waals surface area contributed by atoms with Gasteiger partial charge in [-0.15, -0.1) is 5.10 Å². The van der Waals surface area contributed by atoms with Crippen LogP contribution in [0.4, 0.5) is 5.82 Å². The number of hydrogen-bond acceptors (Lipinski definition) is 11. The van der Waals surface area contributed by atoms with Crippen LogP contribution in [0.3, 0.4) is 0 Å². The van der Waals surface area contributed by atoms with Crippen LogP contribution in [-0.4, -0.2) is 60.9 Å². The van der Waals surface area contributed by atoms with Gasteiger partial charge >= 0.3 is 5.97 Å². The Hall–Kier alpha value is -4.91. The number of nitrogens with one attached hydrogen (secondary N) is 1. The molecule has 1 aliphatic heterocycles. The molecule has 5 rings (SSSR count). The summed E-state index contributed by atoms with van der Waals surface area (Å²) in [6, 6.07) is 15.6. The standard InChI is InChI=1S/C27H29N9O4/c1-17-12-14-35(15-13-17)16-22-23(30-34-36(22)25-24(28)32-40-33-25)26(37)31-29-18(2)19-8-10-21(11-9-19)39-27(38)20-6-4-3-5-7-20/h3-11,17H,12-16H2,1-2H3,(H2,28,32)(H,31,37)/b29-18+. The molecule has 0 spiro atoms. The van der Waals surface area contributed by atoms with Gasteiger partial charge in [0.2, 0.25) is 11.6 Å². The van der Waals surface area contributed by atoms with Gasteiger partial charge in [0, 0.05) is 6.54 Å². The van der Waals surface area contributed by atoms with Gasteiger partial charge in [-0.2, -0.15) is 9.78 Å². The summed E-state index contributed by atoms with van der Waals surface area (Å²) in [5, 5.41) is 19.9. The second-order valence-electron chi connectivity index (χ2n) is 9.65. The molecule has 206 valence electrons. The summed E-state index contributed by atoms with van der Waals surface area (Å²) in [4.78, 5) is 27.7. The number of nitrogen functional groups attached to an aromatic ring is 1. The number of nitrogens with two attached hydrogens (primary N) is 1. The lowest BCUT2D eigenvalue weighted by Crippen LogP contribution is -2.34. The highest BCUT2D eigenvalue weighted by Gasteiger charge is 2.27. The Morgan fingerprint density at radius 1 is 1.07 bits per heavy atom. The van der Waals surface area contributed by atoms with Gasteiger partial charge in [0.05, 0.1) is 17.0 Å². The Bertz CT molecular complexity index is 1500. The second-order valence-corrected chi connectivity index (χ2v) is 9.65. The van der Waals surface area contributed by atoms with Crippen molar-refractivity contribution in [3.63, 3.8) is 0 Å². The van der Waals surface area contributed by atoms with Crippen LogP contribution in [0.2, 0.25) is 0 Å². The van der Waals surface area contributed by atoms with Crippen molar-refractivity contribution >= 4 is 23.4 Å². The highest BCUT2D eigenvalue weighted by molar-refractivity contribution is 6.01. The molecule has 0 radical (unpaired) electrons. The Morgan fingerprint density at radius 3 is 2.48 bits per heavy atom. The summed E-state index contributed by atoms with van der Waals surface area (Å²) in [5.41, 5.74) is 10.8. The number of carbonyl (C=O) groups is 2. The maximum atomic E-state index is 13.2. The molecule has 40 heavy (non-hydrogen) atoms. The largest absolute Gasteiger partial charge is 0.423 e. The van der Waals surface area contributed by atoms with E-state index in [9.17, 15) is 9.59 Å². The summed E-state index contributed by atoms with van der Waals surface area (Å²) in [5.74, 6) is 0.271. The van der Waals surface area contributed by atoms with E-state index in [2.05, 4.69) is 43.0 Å². The number of carbonyl (C=O) groups excluding carboxylic acids is 2. The molecule has 0 unspecified atom stereocenters. The summed E-state index contributed by atoms with van der Waals surface area (Å²) >= 11 is 0. The number of piperidine rings is 1. The third-order valence-corrected chi connectivity index (χ3v) is 6.74. The van der Waals surface area contributed by atoms with Crippen LogP contribution < -0.4 is 15.9 Å². The number of ether oxygens (including phenoxy) is 1. The summed E-state index contributed by atoms with van der Waals surface area (Å²) in [7, 11) is 0. The van der Waals surface area contributed by atoms with E-state index < -0.39 is 11.9 Å². The lowest BCUT2D eigenvalue weighted by atomic mass is 9.99. The predicted molar refractivity (Wildman–Crippen MR) is 145 cm³/mol. The Balaban J connectivity index is 1.29. The normalized spacial score (nSPS) is 14.7. The minimum Gasteiger partial charge on any atom is -0.423 e. The lowest BCUT2D eigenvalue weighted by Gasteiger charge is -2.30. The highest BCUT2D eigenvalue weighted by Crippen LogP contribution is 2.22. The van der Waals surface area contributed by atoms with Crippen LogP contribution in [0.1, 0.15) is 58.8 Å².